The highest BCUT2D eigenvalue weighted by Crippen LogP contribution is 2.48. The summed E-state index contributed by atoms with van der Waals surface area (Å²) in [7, 11) is 1.14. The van der Waals surface area contributed by atoms with Gasteiger partial charge < -0.3 is 10.6 Å². The number of guanidine groups is 1. The summed E-state index contributed by atoms with van der Waals surface area (Å²) >= 11 is 0. The van der Waals surface area contributed by atoms with Crippen LogP contribution in [0.2, 0.25) is 0 Å². The van der Waals surface area contributed by atoms with E-state index in [4.69, 9.17) is 0 Å². The van der Waals surface area contributed by atoms with Crippen LogP contribution in [0.3, 0.4) is 0 Å². The summed E-state index contributed by atoms with van der Waals surface area (Å²) in [6.07, 6.45) is 1.84. The van der Waals surface area contributed by atoms with Gasteiger partial charge >= 0.3 is 0 Å². The fraction of sp³-hybridized carbons (Fsp3) is 0.381. The van der Waals surface area contributed by atoms with Crippen molar-refractivity contribution in [3.63, 3.8) is 0 Å². The molecule has 0 bridgehead atoms. The molecule has 2 N–H and O–H groups in total. The monoisotopic (exact) mass is 418 g/mol. The van der Waals surface area contributed by atoms with Crippen molar-refractivity contribution >= 4 is 16.0 Å². The molecule has 2 aromatic rings. The van der Waals surface area contributed by atoms with Crippen LogP contribution in [0.1, 0.15) is 24.0 Å². The van der Waals surface area contributed by atoms with Crippen LogP contribution in [0.4, 0.5) is 4.39 Å². The molecule has 8 heteroatoms. The van der Waals surface area contributed by atoms with Gasteiger partial charge in [-0.15, -0.1) is 0 Å². The van der Waals surface area contributed by atoms with Crippen molar-refractivity contribution < 1.29 is 12.8 Å². The molecule has 0 aliphatic heterocycles. The van der Waals surface area contributed by atoms with E-state index in [2.05, 4.69) is 15.6 Å². The summed E-state index contributed by atoms with van der Waals surface area (Å²) < 4.78 is 40.5. The molecule has 0 spiro atoms. The van der Waals surface area contributed by atoms with Crippen molar-refractivity contribution in [3.05, 3.63) is 65.5 Å². The molecule has 0 radical (unpaired) electrons. The van der Waals surface area contributed by atoms with Gasteiger partial charge in [-0.3, -0.25) is 4.99 Å². The van der Waals surface area contributed by atoms with E-state index in [0.29, 0.717) is 24.6 Å². The molecule has 1 aliphatic rings. The summed E-state index contributed by atoms with van der Waals surface area (Å²) in [5.74, 6) is 0.363. The van der Waals surface area contributed by atoms with E-state index in [-0.39, 0.29) is 16.1 Å². The Labute approximate surface area is 171 Å². The van der Waals surface area contributed by atoms with Crippen molar-refractivity contribution in [2.24, 2.45) is 4.99 Å². The van der Waals surface area contributed by atoms with Gasteiger partial charge in [-0.05, 0) is 36.1 Å². The van der Waals surface area contributed by atoms with Crippen molar-refractivity contribution in [2.45, 2.75) is 29.7 Å². The van der Waals surface area contributed by atoms with Crippen molar-refractivity contribution in [1.82, 2.24) is 14.9 Å². The molecule has 1 aliphatic carbocycles. The Bertz CT molecular complexity index is 1000. The first-order chi connectivity index (χ1) is 13.8. The molecular weight excluding hydrogens is 391 g/mol. The second-order valence-electron chi connectivity index (χ2n) is 7.43. The zero-order valence-electron chi connectivity index (χ0n) is 16.9. The summed E-state index contributed by atoms with van der Waals surface area (Å²) in [5.41, 5.74) is 1.17. The first-order valence-electron chi connectivity index (χ1n) is 9.50. The Hall–Kier alpha value is -2.45. The third-order valence-corrected chi connectivity index (χ3v) is 7.21. The van der Waals surface area contributed by atoms with Gasteiger partial charge in [-0.1, -0.05) is 36.4 Å². The van der Waals surface area contributed by atoms with Gasteiger partial charge in [-0.2, -0.15) is 0 Å². The third kappa shape index (κ3) is 4.59. The van der Waals surface area contributed by atoms with Crippen LogP contribution in [-0.4, -0.2) is 46.4 Å². The lowest BCUT2D eigenvalue weighted by atomic mass is 9.95. The van der Waals surface area contributed by atoms with E-state index in [0.717, 1.165) is 18.4 Å². The highest BCUT2D eigenvalue weighted by atomic mass is 32.2. The smallest absolute Gasteiger partial charge is 0.242 e. The molecule has 156 valence electrons. The van der Waals surface area contributed by atoms with Crippen LogP contribution in [0, 0.1) is 5.82 Å². The van der Waals surface area contributed by atoms with Crippen LogP contribution in [0.5, 0.6) is 0 Å². The fourth-order valence-electron chi connectivity index (χ4n) is 3.33. The lowest BCUT2D eigenvalue weighted by Gasteiger charge is -2.20. The predicted octanol–water partition coefficient (Wildman–Crippen LogP) is 2.47. The number of rotatable bonds is 7. The molecule has 0 saturated heterocycles. The lowest BCUT2D eigenvalue weighted by molar-refractivity contribution is 0.519. The Kier molecular flexibility index (Phi) is 6.24. The lowest BCUT2D eigenvalue weighted by Crippen LogP contribution is -2.41. The molecule has 1 saturated carbocycles. The Morgan fingerprint density at radius 2 is 1.76 bits per heavy atom. The third-order valence-electron chi connectivity index (χ3n) is 5.29. The van der Waals surface area contributed by atoms with Crippen LogP contribution in [0.15, 0.2) is 58.4 Å². The van der Waals surface area contributed by atoms with Crippen LogP contribution >= 0.6 is 0 Å². The molecule has 29 heavy (non-hydrogen) atoms. The first-order valence-corrected chi connectivity index (χ1v) is 10.9. The molecule has 2 aromatic carbocycles. The van der Waals surface area contributed by atoms with Gasteiger partial charge in [0.15, 0.2) is 5.96 Å². The molecule has 6 nitrogen and oxygen atoms in total. The number of nitrogens with zero attached hydrogens (tertiary/aromatic N) is 2. The van der Waals surface area contributed by atoms with Crippen LogP contribution < -0.4 is 10.6 Å². The average Bonchev–Trinajstić information content (AvgIpc) is 3.49. The highest BCUT2D eigenvalue weighted by molar-refractivity contribution is 7.89. The van der Waals surface area contributed by atoms with Crippen molar-refractivity contribution in [1.29, 1.82) is 0 Å². The van der Waals surface area contributed by atoms with Crippen LogP contribution in [0.25, 0.3) is 0 Å². The standard InChI is InChI=1S/C21H27FN4O2S/c1-23-20(25-15-21(12-13-21)17-9-5-6-10-18(17)22)24-14-16-8-4-7-11-19(16)29(27,28)26(2)3/h4-11H,12-15H2,1-3H3,(H2,23,24,25). The van der Waals surface area contributed by atoms with Crippen molar-refractivity contribution in [3.8, 4) is 0 Å². The molecule has 0 heterocycles. The molecule has 0 aromatic heterocycles. The van der Waals surface area contributed by atoms with Gasteiger partial charge in [-0.25, -0.2) is 17.1 Å². The number of sulfonamides is 1. The predicted molar refractivity (Wildman–Crippen MR) is 113 cm³/mol. The normalized spacial score (nSPS) is 16.0. The van der Waals surface area contributed by atoms with Gasteiger partial charge in [0.2, 0.25) is 10.0 Å². The van der Waals surface area contributed by atoms with E-state index in [9.17, 15) is 12.8 Å². The first kappa shape index (κ1) is 21.3. The summed E-state index contributed by atoms with van der Waals surface area (Å²) in [6, 6.07) is 13.8. The second kappa shape index (κ2) is 8.51. The molecule has 0 unspecified atom stereocenters. The maximum atomic E-state index is 14.2. The zero-order chi connectivity index (χ0) is 21.1. The average molecular weight is 419 g/mol. The Morgan fingerprint density at radius 1 is 1.10 bits per heavy atom. The van der Waals surface area contributed by atoms with Crippen molar-refractivity contribution in [2.75, 3.05) is 27.7 Å². The molecular formula is C21H27FN4O2S. The van der Waals surface area contributed by atoms with Gasteiger partial charge in [0.25, 0.3) is 0 Å². The van der Waals surface area contributed by atoms with E-state index in [1.54, 1.807) is 37.4 Å². The fourth-order valence-corrected chi connectivity index (χ4v) is 4.45. The SMILES string of the molecule is CN=C(NCc1ccccc1S(=O)(=O)N(C)C)NCC1(c2ccccc2F)CC1. The Morgan fingerprint density at radius 3 is 2.38 bits per heavy atom. The maximum absolute atomic E-state index is 14.2. The van der Waals surface area contributed by atoms with Crippen LogP contribution in [-0.2, 0) is 22.0 Å². The number of benzene rings is 2. The Balaban J connectivity index is 1.67. The minimum Gasteiger partial charge on any atom is -0.356 e. The number of hydrogen-bond acceptors (Lipinski definition) is 3. The van der Waals surface area contributed by atoms with Gasteiger partial charge in [0.05, 0.1) is 4.90 Å². The van der Waals surface area contributed by atoms with Gasteiger partial charge in [0, 0.05) is 39.6 Å². The largest absolute Gasteiger partial charge is 0.356 e. The quantitative estimate of drug-likeness (QED) is 0.535. The minimum atomic E-state index is -3.54. The second-order valence-corrected chi connectivity index (χ2v) is 9.55. The van der Waals surface area contributed by atoms with Gasteiger partial charge in [0.1, 0.15) is 5.82 Å². The molecule has 1 fully saturated rings. The molecule has 3 rings (SSSR count). The zero-order valence-corrected chi connectivity index (χ0v) is 17.8. The summed E-state index contributed by atoms with van der Waals surface area (Å²) in [6.45, 7) is 0.862. The maximum Gasteiger partial charge on any atom is 0.242 e. The number of aliphatic imine (C=N–C) groups is 1. The van der Waals surface area contributed by atoms with E-state index >= 15 is 0 Å². The molecule has 0 atom stereocenters. The number of hydrogen-bond donors (Lipinski definition) is 2. The topological polar surface area (TPSA) is 73.8 Å². The minimum absolute atomic E-state index is 0.183. The van der Waals surface area contributed by atoms with E-state index in [1.165, 1.54) is 24.5 Å². The molecule has 0 amide bonds. The van der Waals surface area contributed by atoms with E-state index in [1.807, 2.05) is 12.1 Å². The summed E-state index contributed by atoms with van der Waals surface area (Å²) in [5, 5.41) is 6.43. The van der Waals surface area contributed by atoms with E-state index < -0.39 is 10.0 Å². The number of nitrogens with one attached hydrogen (secondary N) is 2. The number of halogens is 1. The highest BCUT2D eigenvalue weighted by Gasteiger charge is 2.45. The summed E-state index contributed by atoms with van der Waals surface area (Å²) in [4.78, 5) is 4.48.